The summed E-state index contributed by atoms with van der Waals surface area (Å²) in [4.78, 5) is 12.4. The van der Waals surface area contributed by atoms with Gasteiger partial charge in [0.1, 0.15) is 0 Å². The fraction of sp³-hybridized carbons (Fsp3) is 0.333. The van der Waals surface area contributed by atoms with Crippen molar-refractivity contribution in [3.8, 4) is 0 Å². The third-order valence-corrected chi connectivity index (χ3v) is 3.83. The number of thiocarbonyl (C=S) groups is 1. The maximum absolute atomic E-state index is 12.4. The van der Waals surface area contributed by atoms with Crippen LogP contribution in [0.25, 0.3) is 0 Å². The average Bonchev–Trinajstić information content (AvgIpc) is 2.30. The van der Waals surface area contributed by atoms with Crippen LogP contribution in [-0.4, -0.2) is 16.7 Å². The van der Waals surface area contributed by atoms with Crippen LogP contribution in [0.15, 0.2) is 29.2 Å². The maximum atomic E-state index is 12.4. The van der Waals surface area contributed by atoms with Gasteiger partial charge in [-0.2, -0.15) is 8.78 Å². The molecule has 0 saturated carbocycles. The molecule has 0 bridgehead atoms. The third-order valence-electron chi connectivity index (χ3n) is 2.53. The van der Waals surface area contributed by atoms with Gasteiger partial charge in [0.05, 0.1) is 16.1 Å². The summed E-state index contributed by atoms with van der Waals surface area (Å²) in [6, 6.07) is 6.34. The van der Waals surface area contributed by atoms with Gasteiger partial charge in [-0.05, 0) is 26.0 Å². The highest BCUT2D eigenvalue weighted by Gasteiger charge is 2.31. The number of nitrogens with one attached hydrogen (secondary N) is 1. The Morgan fingerprint density at radius 2 is 2.00 bits per heavy atom. The molecule has 104 valence electrons. The van der Waals surface area contributed by atoms with Gasteiger partial charge in [-0.1, -0.05) is 36.1 Å². The lowest BCUT2D eigenvalue weighted by Crippen LogP contribution is -2.41. The fourth-order valence-electron chi connectivity index (χ4n) is 1.16. The lowest BCUT2D eigenvalue weighted by atomic mass is 9.92. The predicted molar refractivity (Wildman–Crippen MR) is 77.5 cm³/mol. The molecule has 1 rings (SSSR count). The molecule has 0 aliphatic carbocycles. The number of carbonyl (C=O) groups is 1. The van der Waals surface area contributed by atoms with Gasteiger partial charge in [-0.15, -0.1) is 0 Å². The Morgan fingerprint density at radius 3 is 2.53 bits per heavy atom. The SMILES string of the molecule is CC(C)(C(=O)Nc1ccccc1SC(F)F)C(N)=S. The van der Waals surface area contributed by atoms with Gasteiger partial charge < -0.3 is 11.1 Å². The summed E-state index contributed by atoms with van der Waals surface area (Å²) in [6.07, 6.45) is 0. The molecule has 1 aromatic rings. The lowest BCUT2D eigenvalue weighted by molar-refractivity contribution is -0.121. The number of hydrogen-bond acceptors (Lipinski definition) is 3. The number of halogens is 2. The van der Waals surface area contributed by atoms with E-state index in [9.17, 15) is 13.6 Å². The molecule has 0 fully saturated rings. The lowest BCUT2D eigenvalue weighted by Gasteiger charge is -2.22. The van der Waals surface area contributed by atoms with Crippen LogP contribution >= 0.6 is 24.0 Å². The molecule has 0 spiro atoms. The number of anilines is 1. The highest BCUT2D eigenvalue weighted by molar-refractivity contribution is 7.99. The van der Waals surface area contributed by atoms with E-state index in [0.717, 1.165) is 0 Å². The smallest absolute Gasteiger partial charge is 0.288 e. The van der Waals surface area contributed by atoms with E-state index in [1.54, 1.807) is 32.0 Å². The monoisotopic (exact) mass is 304 g/mol. The molecule has 1 aromatic carbocycles. The number of benzene rings is 1. The number of para-hydroxylation sites is 1. The van der Waals surface area contributed by atoms with E-state index >= 15 is 0 Å². The van der Waals surface area contributed by atoms with Crippen molar-refractivity contribution in [2.45, 2.75) is 24.5 Å². The van der Waals surface area contributed by atoms with Crippen LogP contribution in [0.3, 0.4) is 0 Å². The fourth-order valence-corrected chi connectivity index (χ4v) is 1.85. The minimum atomic E-state index is -2.55. The number of carbonyl (C=O) groups excluding carboxylic acids is 1. The predicted octanol–water partition coefficient (Wildman–Crippen LogP) is 3.25. The average molecular weight is 304 g/mol. The number of nitrogens with two attached hydrogens (primary N) is 1. The van der Waals surface area contributed by atoms with Gasteiger partial charge in [0.2, 0.25) is 5.91 Å². The molecule has 1 amide bonds. The largest absolute Gasteiger partial charge is 0.392 e. The van der Waals surface area contributed by atoms with Crippen molar-refractivity contribution in [2.75, 3.05) is 5.32 Å². The van der Waals surface area contributed by atoms with E-state index in [2.05, 4.69) is 5.32 Å². The summed E-state index contributed by atoms with van der Waals surface area (Å²) in [5.41, 5.74) is 4.77. The Balaban J connectivity index is 2.94. The summed E-state index contributed by atoms with van der Waals surface area (Å²) < 4.78 is 24.8. The third kappa shape index (κ3) is 4.14. The highest BCUT2D eigenvalue weighted by atomic mass is 32.2. The van der Waals surface area contributed by atoms with Crippen molar-refractivity contribution in [1.82, 2.24) is 0 Å². The van der Waals surface area contributed by atoms with E-state index in [1.807, 2.05) is 0 Å². The van der Waals surface area contributed by atoms with Gasteiger partial charge >= 0.3 is 0 Å². The van der Waals surface area contributed by atoms with Crippen LogP contribution in [0.4, 0.5) is 14.5 Å². The summed E-state index contributed by atoms with van der Waals surface area (Å²) in [5.74, 6) is -2.98. The number of rotatable bonds is 5. The van der Waals surface area contributed by atoms with E-state index in [0.29, 0.717) is 22.3 Å². The van der Waals surface area contributed by atoms with E-state index in [1.165, 1.54) is 6.07 Å². The van der Waals surface area contributed by atoms with E-state index in [4.69, 9.17) is 18.0 Å². The van der Waals surface area contributed by atoms with Crippen LogP contribution in [0.1, 0.15) is 13.8 Å². The second-order valence-electron chi connectivity index (χ2n) is 4.32. The molecule has 0 atom stereocenters. The molecule has 0 aromatic heterocycles. The first kappa shape index (κ1) is 15.8. The summed E-state index contributed by atoms with van der Waals surface area (Å²) >= 11 is 5.19. The zero-order valence-electron chi connectivity index (χ0n) is 10.4. The summed E-state index contributed by atoms with van der Waals surface area (Å²) in [7, 11) is 0. The Bertz CT molecular complexity index is 492. The zero-order valence-corrected chi connectivity index (χ0v) is 12.1. The second kappa shape index (κ2) is 6.29. The first-order valence-corrected chi connectivity index (χ1v) is 6.69. The van der Waals surface area contributed by atoms with Crippen LogP contribution in [0.2, 0.25) is 0 Å². The van der Waals surface area contributed by atoms with Crippen LogP contribution in [0, 0.1) is 5.41 Å². The molecule has 0 heterocycles. The highest BCUT2D eigenvalue weighted by Crippen LogP contribution is 2.32. The topological polar surface area (TPSA) is 55.1 Å². The first-order valence-electron chi connectivity index (χ1n) is 5.40. The molecule has 19 heavy (non-hydrogen) atoms. The van der Waals surface area contributed by atoms with Crippen molar-refractivity contribution in [2.24, 2.45) is 11.1 Å². The molecule has 3 nitrogen and oxygen atoms in total. The Labute approximate surface area is 119 Å². The minimum absolute atomic E-state index is 0.0454. The zero-order chi connectivity index (χ0) is 14.6. The van der Waals surface area contributed by atoms with Gasteiger partial charge in [0, 0.05) is 4.90 Å². The van der Waals surface area contributed by atoms with Crippen molar-refractivity contribution in [3.05, 3.63) is 24.3 Å². The maximum Gasteiger partial charge on any atom is 0.288 e. The van der Waals surface area contributed by atoms with Crippen molar-refractivity contribution in [3.63, 3.8) is 0 Å². The number of hydrogen-bond donors (Lipinski definition) is 2. The van der Waals surface area contributed by atoms with E-state index < -0.39 is 17.1 Å². The first-order chi connectivity index (χ1) is 8.75. The summed E-state index contributed by atoms with van der Waals surface area (Å²) in [5, 5.41) is 2.58. The molecule has 0 aliphatic rings. The van der Waals surface area contributed by atoms with Crippen LogP contribution < -0.4 is 11.1 Å². The van der Waals surface area contributed by atoms with Gasteiger partial charge in [0.25, 0.3) is 5.76 Å². The Kier molecular flexibility index (Phi) is 5.25. The molecule has 0 radical (unpaired) electrons. The number of amides is 1. The molecular formula is C12H14F2N2OS2. The quantitative estimate of drug-likeness (QED) is 0.647. The van der Waals surface area contributed by atoms with Crippen molar-refractivity contribution in [1.29, 1.82) is 0 Å². The number of thioether (sulfide) groups is 1. The number of alkyl halides is 2. The normalized spacial score (nSPS) is 11.4. The standard InChI is InChI=1S/C12H14F2N2OS2/c1-12(2,9(15)18)10(17)16-7-5-3-4-6-8(7)19-11(13)14/h3-6,11H,1-2H3,(H2,15,18)(H,16,17). The van der Waals surface area contributed by atoms with Crippen LogP contribution in [0.5, 0.6) is 0 Å². The van der Waals surface area contributed by atoms with E-state index in [-0.39, 0.29) is 4.99 Å². The minimum Gasteiger partial charge on any atom is -0.392 e. The molecule has 0 saturated heterocycles. The molecule has 0 aliphatic heterocycles. The molecular weight excluding hydrogens is 290 g/mol. The van der Waals surface area contributed by atoms with Crippen molar-refractivity contribution < 1.29 is 13.6 Å². The molecule has 7 heteroatoms. The van der Waals surface area contributed by atoms with Gasteiger partial charge in [-0.3, -0.25) is 4.79 Å². The van der Waals surface area contributed by atoms with Gasteiger partial charge in [0.15, 0.2) is 0 Å². The summed E-state index contributed by atoms with van der Waals surface area (Å²) in [6.45, 7) is 3.15. The van der Waals surface area contributed by atoms with Crippen molar-refractivity contribution >= 4 is 40.6 Å². The van der Waals surface area contributed by atoms with Gasteiger partial charge in [-0.25, -0.2) is 0 Å². The van der Waals surface area contributed by atoms with Crippen LogP contribution in [-0.2, 0) is 4.79 Å². The Hall–Kier alpha value is -1.21. The molecule has 0 unspecified atom stereocenters. The second-order valence-corrected chi connectivity index (χ2v) is 5.79. The molecule has 3 N–H and O–H groups in total. The Morgan fingerprint density at radius 1 is 1.42 bits per heavy atom.